The Kier molecular flexibility index (Phi) is 2.51. The normalized spacial score (nSPS) is 14.9. The van der Waals surface area contributed by atoms with Gasteiger partial charge in [0.15, 0.2) is 5.82 Å². The largest absolute Gasteiger partial charge is 0.385 e. The van der Waals surface area contributed by atoms with E-state index in [1.54, 1.807) is 0 Å². The fraction of sp³-hybridized carbons (Fsp3) is 0.417. The Morgan fingerprint density at radius 1 is 1.41 bits per heavy atom. The summed E-state index contributed by atoms with van der Waals surface area (Å²) in [6.45, 7) is 3.00. The first kappa shape index (κ1) is 10.3. The van der Waals surface area contributed by atoms with Crippen molar-refractivity contribution >= 4 is 5.69 Å². The number of hydrogen-bond donors (Lipinski definition) is 1. The number of benzene rings is 1. The molecule has 1 aromatic carbocycles. The molecule has 88 valence electrons. The van der Waals surface area contributed by atoms with E-state index in [1.165, 1.54) is 12.8 Å². The van der Waals surface area contributed by atoms with Gasteiger partial charge in [0.25, 0.3) is 0 Å². The van der Waals surface area contributed by atoms with Gasteiger partial charge in [-0.15, -0.1) is 5.10 Å². The maximum Gasteiger partial charge on any atom is 0.182 e. The molecule has 0 spiro atoms. The van der Waals surface area contributed by atoms with Crippen LogP contribution < -0.4 is 5.32 Å². The highest BCUT2D eigenvalue weighted by Gasteiger charge is 2.28. The topological polar surface area (TPSA) is 55.6 Å². The number of tetrazole rings is 1. The summed E-state index contributed by atoms with van der Waals surface area (Å²) in [5, 5.41) is 15.3. The van der Waals surface area contributed by atoms with E-state index in [2.05, 4.69) is 39.9 Å². The summed E-state index contributed by atoms with van der Waals surface area (Å²) in [7, 11) is 0. The molecule has 1 aliphatic rings. The van der Waals surface area contributed by atoms with Gasteiger partial charge in [0.05, 0.1) is 6.04 Å². The summed E-state index contributed by atoms with van der Waals surface area (Å²) < 4.78 is 1.94. The van der Waals surface area contributed by atoms with Gasteiger partial charge < -0.3 is 5.32 Å². The molecule has 1 fully saturated rings. The van der Waals surface area contributed by atoms with Gasteiger partial charge in [0, 0.05) is 17.8 Å². The molecule has 1 saturated carbocycles. The fourth-order valence-corrected chi connectivity index (χ4v) is 1.92. The highest BCUT2D eigenvalue weighted by atomic mass is 15.6. The quantitative estimate of drug-likeness (QED) is 0.872. The molecule has 3 rings (SSSR count). The van der Waals surface area contributed by atoms with Gasteiger partial charge in [-0.25, -0.2) is 4.68 Å². The number of nitrogens with zero attached hydrogens (tertiary/aromatic N) is 4. The van der Waals surface area contributed by atoms with Crippen molar-refractivity contribution in [2.75, 3.05) is 11.9 Å². The monoisotopic (exact) mass is 229 g/mol. The standard InChI is InChI=1S/C12H15N5/c1-2-13-10-5-3-4-9(8-10)12-14-15-16-17(12)11-6-7-11/h3-5,8,11,13H,2,6-7H2,1H3. The summed E-state index contributed by atoms with van der Waals surface area (Å²) >= 11 is 0. The number of aromatic nitrogens is 4. The Morgan fingerprint density at radius 2 is 2.29 bits per heavy atom. The van der Waals surface area contributed by atoms with Crippen LogP contribution in [0.2, 0.25) is 0 Å². The van der Waals surface area contributed by atoms with E-state index in [0.717, 1.165) is 23.6 Å². The van der Waals surface area contributed by atoms with E-state index in [4.69, 9.17) is 0 Å². The van der Waals surface area contributed by atoms with E-state index in [-0.39, 0.29) is 0 Å². The van der Waals surface area contributed by atoms with Crippen molar-refractivity contribution in [2.45, 2.75) is 25.8 Å². The predicted octanol–water partition coefficient (Wildman–Crippen LogP) is 2.11. The van der Waals surface area contributed by atoms with Crippen LogP contribution in [0, 0.1) is 0 Å². The van der Waals surface area contributed by atoms with Crippen LogP contribution in [0.4, 0.5) is 5.69 Å². The van der Waals surface area contributed by atoms with Crippen LogP contribution in [0.25, 0.3) is 11.4 Å². The van der Waals surface area contributed by atoms with Crippen LogP contribution in [-0.4, -0.2) is 26.8 Å². The van der Waals surface area contributed by atoms with Gasteiger partial charge in [0.1, 0.15) is 0 Å². The molecule has 5 heteroatoms. The Morgan fingerprint density at radius 3 is 3.06 bits per heavy atom. The molecule has 1 heterocycles. The van der Waals surface area contributed by atoms with Gasteiger partial charge in [-0.05, 0) is 42.3 Å². The molecule has 0 amide bonds. The Labute approximate surface area is 99.8 Å². The molecule has 0 radical (unpaired) electrons. The minimum Gasteiger partial charge on any atom is -0.385 e. The fourth-order valence-electron chi connectivity index (χ4n) is 1.92. The lowest BCUT2D eigenvalue weighted by Gasteiger charge is -2.06. The minimum absolute atomic E-state index is 0.503. The second-order valence-electron chi connectivity index (χ2n) is 4.29. The first-order valence-electron chi connectivity index (χ1n) is 6.00. The van der Waals surface area contributed by atoms with Crippen LogP contribution in [0.15, 0.2) is 24.3 Å². The molecule has 1 N–H and O–H groups in total. The second kappa shape index (κ2) is 4.16. The van der Waals surface area contributed by atoms with Crippen LogP contribution in [0.1, 0.15) is 25.8 Å². The van der Waals surface area contributed by atoms with Crippen LogP contribution in [0.5, 0.6) is 0 Å². The molecular formula is C12H15N5. The Bertz CT molecular complexity index is 515. The van der Waals surface area contributed by atoms with Gasteiger partial charge in [-0.1, -0.05) is 12.1 Å². The highest BCUT2D eigenvalue weighted by molar-refractivity contribution is 5.62. The first-order valence-corrected chi connectivity index (χ1v) is 6.00. The first-order chi connectivity index (χ1) is 8.38. The molecule has 0 atom stereocenters. The van der Waals surface area contributed by atoms with E-state index >= 15 is 0 Å². The molecule has 2 aromatic rings. The summed E-state index contributed by atoms with van der Waals surface area (Å²) in [6.07, 6.45) is 2.37. The lowest BCUT2D eigenvalue weighted by molar-refractivity contribution is 0.615. The van der Waals surface area contributed by atoms with Gasteiger partial charge in [-0.2, -0.15) is 0 Å². The Balaban J connectivity index is 1.96. The predicted molar refractivity (Wildman–Crippen MR) is 65.7 cm³/mol. The van der Waals surface area contributed by atoms with E-state index in [0.29, 0.717) is 6.04 Å². The summed E-state index contributed by atoms with van der Waals surface area (Å²) in [5.41, 5.74) is 2.18. The van der Waals surface area contributed by atoms with Crippen LogP contribution in [0.3, 0.4) is 0 Å². The molecule has 0 aliphatic heterocycles. The second-order valence-corrected chi connectivity index (χ2v) is 4.29. The smallest absolute Gasteiger partial charge is 0.182 e. The third kappa shape index (κ3) is 2.00. The Hall–Kier alpha value is -1.91. The number of nitrogens with one attached hydrogen (secondary N) is 1. The lowest BCUT2D eigenvalue weighted by atomic mass is 10.2. The van der Waals surface area contributed by atoms with Crippen molar-refractivity contribution in [2.24, 2.45) is 0 Å². The van der Waals surface area contributed by atoms with Gasteiger partial charge in [-0.3, -0.25) is 0 Å². The molecule has 1 aromatic heterocycles. The van der Waals surface area contributed by atoms with Crippen LogP contribution >= 0.6 is 0 Å². The average molecular weight is 229 g/mol. The maximum absolute atomic E-state index is 4.12. The van der Waals surface area contributed by atoms with E-state index in [1.807, 2.05) is 16.8 Å². The minimum atomic E-state index is 0.503. The van der Waals surface area contributed by atoms with Crippen molar-refractivity contribution in [3.05, 3.63) is 24.3 Å². The lowest BCUT2D eigenvalue weighted by Crippen LogP contribution is -2.01. The zero-order valence-corrected chi connectivity index (χ0v) is 9.80. The van der Waals surface area contributed by atoms with Crippen molar-refractivity contribution in [1.29, 1.82) is 0 Å². The van der Waals surface area contributed by atoms with Gasteiger partial charge >= 0.3 is 0 Å². The van der Waals surface area contributed by atoms with Crippen LogP contribution in [-0.2, 0) is 0 Å². The maximum atomic E-state index is 4.12. The van der Waals surface area contributed by atoms with Crippen molar-refractivity contribution < 1.29 is 0 Å². The molecule has 1 aliphatic carbocycles. The highest BCUT2D eigenvalue weighted by Crippen LogP contribution is 2.36. The summed E-state index contributed by atoms with van der Waals surface area (Å²) in [5.74, 6) is 0.868. The number of rotatable bonds is 4. The van der Waals surface area contributed by atoms with E-state index < -0.39 is 0 Å². The summed E-state index contributed by atoms with van der Waals surface area (Å²) in [4.78, 5) is 0. The zero-order chi connectivity index (χ0) is 11.7. The molecule has 0 saturated heterocycles. The third-order valence-corrected chi connectivity index (χ3v) is 2.89. The molecule has 5 nitrogen and oxygen atoms in total. The third-order valence-electron chi connectivity index (χ3n) is 2.89. The zero-order valence-electron chi connectivity index (χ0n) is 9.80. The SMILES string of the molecule is CCNc1cccc(-c2nnnn2C2CC2)c1. The molecule has 0 bridgehead atoms. The van der Waals surface area contributed by atoms with Crippen molar-refractivity contribution in [3.63, 3.8) is 0 Å². The molecule has 0 unspecified atom stereocenters. The van der Waals surface area contributed by atoms with E-state index in [9.17, 15) is 0 Å². The summed E-state index contributed by atoms with van der Waals surface area (Å²) in [6, 6.07) is 8.72. The number of anilines is 1. The molecular weight excluding hydrogens is 214 g/mol. The van der Waals surface area contributed by atoms with Crippen molar-refractivity contribution in [1.82, 2.24) is 20.2 Å². The molecule has 17 heavy (non-hydrogen) atoms. The van der Waals surface area contributed by atoms with Gasteiger partial charge in [0.2, 0.25) is 0 Å². The van der Waals surface area contributed by atoms with Crippen molar-refractivity contribution in [3.8, 4) is 11.4 Å². The number of hydrogen-bond acceptors (Lipinski definition) is 4. The average Bonchev–Trinajstić information content (AvgIpc) is 3.08.